The molecule has 0 aromatic carbocycles. The maximum Gasteiger partial charge on any atom is 0.306 e. The van der Waals surface area contributed by atoms with E-state index < -0.39 is 6.10 Å². The first-order chi connectivity index (χ1) is 30.3. The van der Waals surface area contributed by atoms with Crippen LogP contribution in [0, 0.1) is 11.8 Å². The molecular weight excluding hydrogens is 769 g/mol. The van der Waals surface area contributed by atoms with Gasteiger partial charge in [0.05, 0.1) is 0 Å². The number of carbonyl (C=O) groups is 3. The Balaban J connectivity index is 4.04. The Labute approximate surface area is 387 Å². The molecule has 1 unspecified atom stereocenters. The van der Waals surface area contributed by atoms with Crippen LogP contribution in [0.25, 0.3) is 0 Å². The van der Waals surface area contributed by atoms with Crippen molar-refractivity contribution >= 4 is 17.9 Å². The first kappa shape index (κ1) is 60.4. The lowest BCUT2D eigenvalue weighted by atomic mass is 9.99. The average molecular weight is 877 g/mol. The second-order valence-electron chi connectivity index (χ2n) is 19.9. The van der Waals surface area contributed by atoms with Crippen LogP contribution >= 0.6 is 0 Å². The lowest BCUT2D eigenvalue weighted by molar-refractivity contribution is -0.167. The predicted molar refractivity (Wildman–Crippen MR) is 266 cm³/mol. The highest BCUT2D eigenvalue weighted by Crippen LogP contribution is 2.18. The molecule has 0 fully saturated rings. The van der Waals surface area contributed by atoms with Gasteiger partial charge in [-0.3, -0.25) is 14.4 Å². The molecule has 0 rings (SSSR count). The van der Waals surface area contributed by atoms with Gasteiger partial charge in [0.15, 0.2) is 6.10 Å². The van der Waals surface area contributed by atoms with Crippen molar-refractivity contribution in [2.24, 2.45) is 11.8 Å². The Hall–Kier alpha value is -1.59. The smallest absolute Gasteiger partial charge is 0.306 e. The highest BCUT2D eigenvalue weighted by Gasteiger charge is 2.19. The third-order valence-electron chi connectivity index (χ3n) is 13.1. The van der Waals surface area contributed by atoms with Gasteiger partial charge in [-0.05, 0) is 31.1 Å². The number of hydrogen-bond acceptors (Lipinski definition) is 6. The van der Waals surface area contributed by atoms with Crippen LogP contribution in [0.2, 0.25) is 0 Å². The van der Waals surface area contributed by atoms with E-state index in [1.54, 1.807) is 0 Å². The zero-order valence-corrected chi connectivity index (χ0v) is 42.5. The van der Waals surface area contributed by atoms with Gasteiger partial charge in [0, 0.05) is 19.3 Å². The summed E-state index contributed by atoms with van der Waals surface area (Å²) in [5.41, 5.74) is 0. The van der Waals surface area contributed by atoms with Crippen molar-refractivity contribution in [1.29, 1.82) is 0 Å². The average Bonchev–Trinajstić information content (AvgIpc) is 3.26. The van der Waals surface area contributed by atoms with Gasteiger partial charge >= 0.3 is 17.9 Å². The minimum atomic E-state index is -0.760. The van der Waals surface area contributed by atoms with Gasteiger partial charge in [-0.25, -0.2) is 0 Å². The molecule has 368 valence electrons. The lowest BCUT2D eigenvalue weighted by Gasteiger charge is -2.18. The van der Waals surface area contributed by atoms with E-state index in [0.717, 1.165) is 76.0 Å². The van der Waals surface area contributed by atoms with Gasteiger partial charge in [0.1, 0.15) is 13.2 Å². The molecule has 0 saturated heterocycles. The fourth-order valence-corrected chi connectivity index (χ4v) is 8.49. The molecule has 0 spiro atoms. The highest BCUT2D eigenvalue weighted by atomic mass is 16.6. The Morgan fingerprint density at radius 1 is 0.339 bits per heavy atom. The molecule has 6 heteroatoms. The quantitative estimate of drug-likeness (QED) is 0.0344. The fourth-order valence-electron chi connectivity index (χ4n) is 8.49. The van der Waals surface area contributed by atoms with E-state index in [-0.39, 0.29) is 31.1 Å². The standard InChI is InChI=1S/C56H108O6/c1-6-8-9-34-41-46-54(57)60-49-53(62-56(59)48-43-38-33-29-25-21-17-16-18-22-26-30-35-39-44-51(3)4)50-61-55(58)47-42-37-32-28-24-20-15-13-11-10-12-14-19-23-27-31-36-40-45-52(5)7-2/h51-53H,6-50H2,1-5H3/t52?,53-/m1/s1. The second kappa shape index (κ2) is 48.9. The van der Waals surface area contributed by atoms with Crippen LogP contribution in [0.5, 0.6) is 0 Å². The van der Waals surface area contributed by atoms with Crippen molar-refractivity contribution in [3.8, 4) is 0 Å². The normalized spacial score (nSPS) is 12.5. The Bertz CT molecular complexity index is 949. The molecule has 0 radical (unpaired) electrons. The minimum Gasteiger partial charge on any atom is -0.462 e. The topological polar surface area (TPSA) is 78.9 Å². The van der Waals surface area contributed by atoms with Gasteiger partial charge in [-0.1, -0.05) is 272 Å². The van der Waals surface area contributed by atoms with E-state index in [2.05, 4.69) is 34.6 Å². The van der Waals surface area contributed by atoms with Crippen molar-refractivity contribution in [2.75, 3.05) is 13.2 Å². The number of rotatable bonds is 50. The second-order valence-corrected chi connectivity index (χ2v) is 19.9. The maximum atomic E-state index is 12.8. The van der Waals surface area contributed by atoms with Gasteiger partial charge in [0.25, 0.3) is 0 Å². The van der Waals surface area contributed by atoms with Crippen LogP contribution in [0.1, 0.15) is 311 Å². The monoisotopic (exact) mass is 877 g/mol. The summed E-state index contributed by atoms with van der Waals surface area (Å²) >= 11 is 0. The minimum absolute atomic E-state index is 0.0641. The molecule has 0 N–H and O–H groups in total. The Kier molecular flexibility index (Phi) is 47.6. The summed E-state index contributed by atoms with van der Waals surface area (Å²) < 4.78 is 16.7. The highest BCUT2D eigenvalue weighted by molar-refractivity contribution is 5.71. The number of carbonyl (C=O) groups excluding carboxylic acids is 3. The number of esters is 3. The number of hydrogen-bond donors (Lipinski definition) is 0. The summed E-state index contributed by atoms with van der Waals surface area (Å²) in [5, 5.41) is 0. The molecule has 0 aliphatic carbocycles. The molecule has 2 atom stereocenters. The van der Waals surface area contributed by atoms with E-state index in [9.17, 15) is 14.4 Å². The summed E-state index contributed by atoms with van der Waals surface area (Å²) in [6.07, 6.45) is 51.3. The molecule has 0 bridgehead atoms. The van der Waals surface area contributed by atoms with Crippen molar-refractivity contribution in [1.82, 2.24) is 0 Å². The lowest BCUT2D eigenvalue weighted by Crippen LogP contribution is -2.30. The van der Waals surface area contributed by atoms with E-state index >= 15 is 0 Å². The van der Waals surface area contributed by atoms with Crippen LogP contribution in [-0.4, -0.2) is 37.2 Å². The Morgan fingerprint density at radius 3 is 0.919 bits per heavy atom. The summed E-state index contributed by atoms with van der Waals surface area (Å²) in [4.78, 5) is 37.7. The summed E-state index contributed by atoms with van der Waals surface area (Å²) in [6, 6.07) is 0. The first-order valence-corrected chi connectivity index (χ1v) is 27.8. The molecule has 62 heavy (non-hydrogen) atoms. The molecule has 0 aliphatic heterocycles. The third-order valence-corrected chi connectivity index (χ3v) is 13.1. The number of unbranched alkanes of at least 4 members (excludes halogenated alkanes) is 34. The van der Waals surface area contributed by atoms with Crippen LogP contribution in [0.3, 0.4) is 0 Å². The van der Waals surface area contributed by atoms with Crippen molar-refractivity contribution in [3.05, 3.63) is 0 Å². The molecule has 0 aliphatic rings. The largest absolute Gasteiger partial charge is 0.462 e. The van der Waals surface area contributed by atoms with Crippen LogP contribution < -0.4 is 0 Å². The molecular formula is C56H108O6. The van der Waals surface area contributed by atoms with E-state index in [1.165, 1.54) is 193 Å². The van der Waals surface area contributed by atoms with Gasteiger partial charge in [-0.15, -0.1) is 0 Å². The molecule has 6 nitrogen and oxygen atoms in total. The fraction of sp³-hybridized carbons (Fsp3) is 0.946. The molecule has 0 heterocycles. The van der Waals surface area contributed by atoms with Crippen LogP contribution in [0.4, 0.5) is 0 Å². The van der Waals surface area contributed by atoms with Gasteiger partial charge in [-0.2, -0.15) is 0 Å². The van der Waals surface area contributed by atoms with Crippen LogP contribution in [-0.2, 0) is 28.6 Å². The van der Waals surface area contributed by atoms with E-state index in [1.807, 2.05) is 0 Å². The zero-order valence-electron chi connectivity index (χ0n) is 42.5. The summed E-state index contributed by atoms with van der Waals surface area (Å²) in [6.45, 7) is 11.4. The molecule has 0 saturated carbocycles. The van der Waals surface area contributed by atoms with E-state index in [4.69, 9.17) is 14.2 Å². The summed E-state index contributed by atoms with van der Waals surface area (Å²) in [5.74, 6) is 0.896. The predicted octanol–water partition coefficient (Wildman–Crippen LogP) is 18.1. The zero-order chi connectivity index (χ0) is 45.4. The molecule has 0 amide bonds. The van der Waals surface area contributed by atoms with Crippen molar-refractivity contribution < 1.29 is 28.6 Å². The van der Waals surface area contributed by atoms with Gasteiger partial charge in [0.2, 0.25) is 0 Å². The first-order valence-electron chi connectivity index (χ1n) is 27.8. The molecule has 0 aromatic heterocycles. The maximum absolute atomic E-state index is 12.8. The third kappa shape index (κ3) is 47.9. The number of ether oxygens (including phenoxy) is 3. The molecule has 0 aromatic rings. The van der Waals surface area contributed by atoms with Crippen molar-refractivity contribution in [2.45, 2.75) is 317 Å². The van der Waals surface area contributed by atoms with Crippen molar-refractivity contribution in [3.63, 3.8) is 0 Å². The summed E-state index contributed by atoms with van der Waals surface area (Å²) in [7, 11) is 0. The van der Waals surface area contributed by atoms with Crippen LogP contribution in [0.15, 0.2) is 0 Å². The van der Waals surface area contributed by atoms with E-state index in [0.29, 0.717) is 19.3 Å². The SMILES string of the molecule is CCCCCCCC(=O)OC[C@H](COC(=O)CCCCCCCCCCCCCCCCCCCCC(C)CC)OC(=O)CCCCCCCCCCCCCCCCC(C)C. The Morgan fingerprint density at radius 2 is 0.613 bits per heavy atom. The van der Waals surface area contributed by atoms with Gasteiger partial charge < -0.3 is 14.2 Å².